The molecule has 0 amide bonds. The smallest absolute Gasteiger partial charge is 0.253 e. The highest BCUT2D eigenvalue weighted by molar-refractivity contribution is 5.81. The third-order valence-electron chi connectivity index (χ3n) is 4.80. The molecule has 0 fully saturated rings. The molecule has 31 heavy (non-hydrogen) atoms. The van der Waals surface area contributed by atoms with Crippen LogP contribution in [0, 0.1) is 5.82 Å². The summed E-state index contributed by atoms with van der Waals surface area (Å²) < 4.78 is 18.5. The van der Waals surface area contributed by atoms with Crippen LogP contribution in [-0.4, -0.2) is 17.2 Å². The molecule has 4 rings (SSSR count). The third-order valence-corrected chi connectivity index (χ3v) is 4.80. The molecule has 4 aromatic rings. The Morgan fingerprint density at radius 3 is 2.58 bits per heavy atom. The quantitative estimate of drug-likeness (QED) is 0.311. The van der Waals surface area contributed by atoms with E-state index in [0.717, 1.165) is 0 Å². The number of nitrogens with zero attached hydrogens (tertiary/aromatic N) is 1. The number of rotatable bonds is 7. The van der Waals surface area contributed by atoms with Crippen molar-refractivity contribution < 1.29 is 14.2 Å². The first-order valence-corrected chi connectivity index (χ1v) is 9.39. The van der Waals surface area contributed by atoms with Gasteiger partial charge in [0.05, 0.1) is 12.8 Å². The number of aromatic nitrogens is 1. The number of anilines is 3. The zero-order valence-corrected chi connectivity index (χ0v) is 16.5. The minimum atomic E-state index is -0.647. The van der Waals surface area contributed by atoms with Gasteiger partial charge in [0, 0.05) is 24.0 Å². The number of aromatic hydroxyl groups is 1. The topological polar surface area (TPSA) is 101 Å². The minimum absolute atomic E-state index is 0.0397. The highest BCUT2D eigenvalue weighted by Gasteiger charge is 2.21. The van der Waals surface area contributed by atoms with Crippen molar-refractivity contribution in [3.8, 4) is 22.8 Å². The van der Waals surface area contributed by atoms with Gasteiger partial charge in [-0.2, -0.15) is 0 Å². The zero-order chi connectivity index (χ0) is 22.0. The summed E-state index contributed by atoms with van der Waals surface area (Å²) in [4.78, 5) is 28.4. The second kappa shape index (κ2) is 8.27. The molecule has 0 aliphatic carbocycles. The van der Waals surface area contributed by atoms with Crippen LogP contribution in [-0.2, 0) is 6.54 Å². The number of benzene rings is 2. The maximum atomic E-state index is 13.6. The van der Waals surface area contributed by atoms with E-state index in [1.165, 1.54) is 25.3 Å². The molecule has 3 aromatic carbocycles. The van der Waals surface area contributed by atoms with Crippen LogP contribution in [0.15, 0.2) is 70.4 Å². The standard InChI is InChI=1S/C23H18FN3O4/c1-31-19-10-13(5-7-16(19)24)12-26-20-21(23(30)22(20)29)27-14-6-8-18(28)15(11-14)17-4-2-3-9-25-17/h2-11,26-28H,12H2,1H3. The molecule has 8 heteroatoms. The Kier molecular flexibility index (Phi) is 5.36. The first-order chi connectivity index (χ1) is 15.0. The lowest BCUT2D eigenvalue weighted by atomic mass is 10.1. The Bertz CT molecular complexity index is 1310. The van der Waals surface area contributed by atoms with Gasteiger partial charge in [-0.1, -0.05) is 12.1 Å². The molecular formula is C23H18FN3O4. The lowest BCUT2D eigenvalue weighted by Crippen LogP contribution is -2.36. The first kappa shape index (κ1) is 20.1. The van der Waals surface area contributed by atoms with Crippen LogP contribution in [0.5, 0.6) is 11.5 Å². The maximum Gasteiger partial charge on any atom is 0.253 e. The van der Waals surface area contributed by atoms with Gasteiger partial charge in [-0.05, 0) is 48.0 Å². The molecule has 156 valence electrons. The van der Waals surface area contributed by atoms with Crippen LogP contribution in [0.2, 0.25) is 0 Å². The summed E-state index contributed by atoms with van der Waals surface area (Å²) in [5, 5.41) is 16.0. The number of hydrogen-bond acceptors (Lipinski definition) is 7. The number of halogens is 1. The number of phenols is 1. The Labute approximate surface area is 176 Å². The van der Waals surface area contributed by atoms with Crippen LogP contribution < -0.4 is 26.2 Å². The predicted octanol–water partition coefficient (Wildman–Crippen LogP) is 3.55. The van der Waals surface area contributed by atoms with E-state index < -0.39 is 16.7 Å². The largest absolute Gasteiger partial charge is 0.507 e. The van der Waals surface area contributed by atoms with Crippen LogP contribution in [0.3, 0.4) is 0 Å². The Morgan fingerprint density at radius 1 is 1.03 bits per heavy atom. The number of ether oxygens (including phenoxy) is 1. The molecule has 0 radical (unpaired) electrons. The second-order valence-electron chi connectivity index (χ2n) is 6.80. The molecule has 0 bridgehead atoms. The van der Waals surface area contributed by atoms with Crippen molar-refractivity contribution >= 4 is 17.1 Å². The highest BCUT2D eigenvalue weighted by atomic mass is 19.1. The van der Waals surface area contributed by atoms with E-state index in [4.69, 9.17) is 4.74 Å². The molecule has 7 nitrogen and oxygen atoms in total. The summed E-state index contributed by atoms with van der Waals surface area (Å²) in [5.74, 6) is -0.356. The van der Waals surface area contributed by atoms with Gasteiger partial charge >= 0.3 is 0 Å². The number of pyridine rings is 1. The van der Waals surface area contributed by atoms with Crippen molar-refractivity contribution in [2.45, 2.75) is 6.54 Å². The number of methoxy groups -OCH3 is 1. The van der Waals surface area contributed by atoms with E-state index in [-0.39, 0.29) is 29.4 Å². The number of hydrogen-bond donors (Lipinski definition) is 3. The summed E-state index contributed by atoms with van der Waals surface area (Å²) in [5.41, 5.74) is 1.22. The molecule has 0 atom stereocenters. The lowest BCUT2D eigenvalue weighted by Gasteiger charge is -2.16. The fourth-order valence-corrected chi connectivity index (χ4v) is 3.17. The van der Waals surface area contributed by atoms with Crippen LogP contribution >= 0.6 is 0 Å². The summed E-state index contributed by atoms with van der Waals surface area (Å²) >= 11 is 0. The van der Waals surface area contributed by atoms with E-state index in [9.17, 15) is 19.1 Å². The molecule has 0 spiro atoms. The van der Waals surface area contributed by atoms with Crippen molar-refractivity contribution in [2.24, 2.45) is 0 Å². The molecular weight excluding hydrogens is 401 g/mol. The van der Waals surface area contributed by atoms with Gasteiger partial charge in [0.25, 0.3) is 10.9 Å². The number of nitrogens with one attached hydrogen (secondary N) is 2. The van der Waals surface area contributed by atoms with E-state index in [1.807, 2.05) is 0 Å². The van der Waals surface area contributed by atoms with Gasteiger partial charge < -0.3 is 20.5 Å². The molecule has 0 aliphatic rings. The molecule has 1 heterocycles. The van der Waals surface area contributed by atoms with Crippen molar-refractivity contribution in [3.05, 3.63) is 92.6 Å². The fourth-order valence-electron chi connectivity index (χ4n) is 3.17. The van der Waals surface area contributed by atoms with Gasteiger partial charge in [-0.15, -0.1) is 0 Å². The van der Waals surface area contributed by atoms with Crippen molar-refractivity contribution in [3.63, 3.8) is 0 Å². The van der Waals surface area contributed by atoms with E-state index in [1.54, 1.807) is 42.6 Å². The molecule has 3 N–H and O–H groups in total. The highest BCUT2D eigenvalue weighted by Crippen LogP contribution is 2.32. The third kappa shape index (κ3) is 3.95. The zero-order valence-electron chi connectivity index (χ0n) is 16.5. The average Bonchev–Trinajstić information content (AvgIpc) is 2.80. The van der Waals surface area contributed by atoms with Gasteiger partial charge in [0.2, 0.25) is 0 Å². The first-order valence-electron chi connectivity index (χ1n) is 9.39. The van der Waals surface area contributed by atoms with Gasteiger partial charge in [0.1, 0.15) is 17.1 Å². The number of phenolic OH excluding ortho intramolecular Hbond substituents is 1. The predicted molar refractivity (Wildman–Crippen MR) is 116 cm³/mol. The average molecular weight is 419 g/mol. The van der Waals surface area contributed by atoms with Crippen LogP contribution in [0.25, 0.3) is 11.3 Å². The molecule has 0 unspecified atom stereocenters. The Morgan fingerprint density at radius 2 is 1.84 bits per heavy atom. The van der Waals surface area contributed by atoms with Gasteiger partial charge in [0.15, 0.2) is 11.6 Å². The van der Waals surface area contributed by atoms with Crippen molar-refractivity contribution in [2.75, 3.05) is 17.7 Å². The van der Waals surface area contributed by atoms with E-state index in [2.05, 4.69) is 15.6 Å². The molecule has 0 saturated carbocycles. The maximum absolute atomic E-state index is 13.6. The molecule has 1 aromatic heterocycles. The van der Waals surface area contributed by atoms with Gasteiger partial charge in [-0.25, -0.2) is 4.39 Å². The van der Waals surface area contributed by atoms with E-state index in [0.29, 0.717) is 22.5 Å². The van der Waals surface area contributed by atoms with Crippen LogP contribution in [0.1, 0.15) is 5.56 Å². The summed E-state index contributed by atoms with van der Waals surface area (Å²) in [7, 11) is 1.37. The lowest BCUT2D eigenvalue weighted by molar-refractivity contribution is 0.386. The van der Waals surface area contributed by atoms with Crippen molar-refractivity contribution in [1.29, 1.82) is 0 Å². The summed E-state index contributed by atoms with van der Waals surface area (Å²) in [6.07, 6.45) is 1.61. The SMILES string of the molecule is COc1cc(CNc2c(Nc3ccc(O)c(-c4ccccn4)c3)c(=O)c2=O)ccc1F. The summed E-state index contributed by atoms with van der Waals surface area (Å²) in [6.45, 7) is 0.199. The Balaban J connectivity index is 1.55. The molecule has 0 aliphatic heterocycles. The summed E-state index contributed by atoms with van der Waals surface area (Å²) in [6, 6.07) is 14.4. The molecule has 0 saturated heterocycles. The van der Waals surface area contributed by atoms with Crippen molar-refractivity contribution in [1.82, 2.24) is 4.98 Å². The van der Waals surface area contributed by atoms with E-state index >= 15 is 0 Å². The monoisotopic (exact) mass is 419 g/mol. The fraction of sp³-hybridized carbons (Fsp3) is 0.0870. The minimum Gasteiger partial charge on any atom is -0.507 e. The normalized spacial score (nSPS) is 10.8. The Hall–Kier alpha value is -4.20. The van der Waals surface area contributed by atoms with Gasteiger partial charge in [-0.3, -0.25) is 14.6 Å². The van der Waals surface area contributed by atoms with Crippen LogP contribution in [0.4, 0.5) is 21.5 Å². The second-order valence-corrected chi connectivity index (χ2v) is 6.80.